The van der Waals surface area contributed by atoms with Gasteiger partial charge in [0.05, 0.1) is 26.7 Å². The summed E-state index contributed by atoms with van der Waals surface area (Å²) in [6.45, 7) is 2.92. The van der Waals surface area contributed by atoms with Crippen LogP contribution >= 0.6 is 0 Å². The van der Waals surface area contributed by atoms with Crippen molar-refractivity contribution in [1.29, 1.82) is 0 Å². The zero-order chi connectivity index (χ0) is 17.8. The first-order valence-corrected chi connectivity index (χ1v) is 8.69. The van der Waals surface area contributed by atoms with E-state index in [9.17, 15) is 4.79 Å². The minimum absolute atomic E-state index is 0.163. The van der Waals surface area contributed by atoms with Gasteiger partial charge < -0.3 is 14.4 Å². The highest BCUT2D eigenvalue weighted by Gasteiger charge is 2.29. The van der Waals surface area contributed by atoms with Gasteiger partial charge in [0, 0.05) is 6.54 Å². The molecule has 4 nitrogen and oxygen atoms in total. The topological polar surface area (TPSA) is 38.8 Å². The standard InChI is InChI=1S/C21H25NO3/c1-15-6-4-7-17(12-15)18-8-5-11-22(18)21(23)14-16-9-10-19(24-2)20(13-16)25-3/h4,6-7,9-10,12-13,18H,5,8,11,14H2,1-3H3/t18-/m0/s1. The molecule has 0 aliphatic carbocycles. The molecule has 1 aliphatic heterocycles. The van der Waals surface area contributed by atoms with Crippen molar-refractivity contribution in [2.45, 2.75) is 32.2 Å². The monoisotopic (exact) mass is 339 g/mol. The van der Waals surface area contributed by atoms with Gasteiger partial charge in [-0.1, -0.05) is 35.9 Å². The fourth-order valence-corrected chi connectivity index (χ4v) is 3.56. The van der Waals surface area contributed by atoms with Gasteiger partial charge in [-0.05, 0) is 43.0 Å². The van der Waals surface area contributed by atoms with Crippen LogP contribution in [0.25, 0.3) is 0 Å². The fourth-order valence-electron chi connectivity index (χ4n) is 3.56. The molecule has 2 aromatic rings. The Morgan fingerprint density at radius 2 is 1.92 bits per heavy atom. The first kappa shape index (κ1) is 17.3. The van der Waals surface area contributed by atoms with Crippen LogP contribution in [-0.4, -0.2) is 31.6 Å². The Kier molecular flexibility index (Phi) is 5.27. The average molecular weight is 339 g/mol. The summed E-state index contributed by atoms with van der Waals surface area (Å²) >= 11 is 0. The van der Waals surface area contributed by atoms with Crippen LogP contribution in [0.2, 0.25) is 0 Å². The van der Waals surface area contributed by atoms with Crippen LogP contribution in [0, 0.1) is 6.92 Å². The van der Waals surface area contributed by atoms with Gasteiger partial charge in [-0.3, -0.25) is 4.79 Å². The highest BCUT2D eigenvalue weighted by molar-refractivity contribution is 5.79. The second-order valence-electron chi connectivity index (χ2n) is 6.53. The number of benzene rings is 2. The van der Waals surface area contributed by atoms with Crippen molar-refractivity contribution in [3.63, 3.8) is 0 Å². The summed E-state index contributed by atoms with van der Waals surface area (Å²) in [4.78, 5) is 14.9. The first-order valence-electron chi connectivity index (χ1n) is 8.69. The van der Waals surface area contributed by atoms with Crippen LogP contribution in [-0.2, 0) is 11.2 Å². The van der Waals surface area contributed by atoms with Crippen molar-refractivity contribution in [3.8, 4) is 11.5 Å². The maximum Gasteiger partial charge on any atom is 0.227 e. The molecule has 0 radical (unpaired) electrons. The van der Waals surface area contributed by atoms with E-state index in [0.29, 0.717) is 17.9 Å². The molecule has 25 heavy (non-hydrogen) atoms. The minimum Gasteiger partial charge on any atom is -0.493 e. The van der Waals surface area contributed by atoms with Gasteiger partial charge in [-0.15, -0.1) is 0 Å². The van der Waals surface area contributed by atoms with E-state index in [-0.39, 0.29) is 11.9 Å². The third-order valence-corrected chi connectivity index (χ3v) is 4.80. The van der Waals surface area contributed by atoms with Gasteiger partial charge in [0.15, 0.2) is 11.5 Å². The van der Waals surface area contributed by atoms with E-state index >= 15 is 0 Å². The molecule has 1 amide bonds. The number of likely N-dealkylation sites (tertiary alicyclic amines) is 1. The number of ether oxygens (including phenoxy) is 2. The molecule has 1 atom stereocenters. The molecule has 0 saturated carbocycles. The van der Waals surface area contributed by atoms with Gasteiger partial charge in [-0.25, -0.2) is 0 Å². The number of hydrogen-bond donors (Lipinski definition) is 0. The van der Waals surface area contributed by atoms with Crippen molar-refractivity contribution >= 4 is 5.91 Å². The lowest BCUT2D eigenvalue weighted by atomic mass is 10.0. The minimum atomic E-state index is 0.163. The van der Waals surface area contributed by atoms with E-state index in [0.717, 1.165) is 24.9 Å². The van der Waals surface area contributed by atoms with E-state index in [1.54, 1.807) is 14.2 Å². The van der Waals surface area contributed by atoms with Gasteiger partial charge in [0.25, 0.3) is 0 Å². The lowest BCUT2D eigenvalue weighted by Gasteiger charge is -2.25. The van der Waals surface area contributed by atoms with Crippen LogP contribution in [0.5, 0.6) is 11.5 Å². The highest BCUT2D eigenvalue weighted by Crippen LogP contribution is 2.33. The van der Waals surface area contributed by atoms with Crippen LogP contribution in [0.15, 0.2) is 42.5 Å². The van der Waals surface area contributed by atoms with Gasteiger partial charge in [0.1, 0.15) is 0 Å². The number of aryl methyl sites for hydroxylation is 1. The Morgan fingerprint density at radius 3 is 2.64 bits per heavy atom. The largest absolute Gasteiger partial charge is 0.493 e. The highest BCUT2D eigenvalue weighted by atomic mass is 16.5. The molecular formula is C21H25NO3. The third kappa shape index (κ3) is 3.78. The molecule has 1 heterocycles. The normalized spacial score (nSPS) is 16.8. The molecule has 3 rings (SSSR count). The zero-order valence-electron chi connectivity index (χ0n) is 15.1. The summed E-state index contributed by atoms with van der Waals surface area (Å²) in [6.07, 6.45) is 2.46. The number of nitrogens with zero attached hydrogens (tertiary/aromatic N) is 1. The van der Waals surface area contributed by atoms with Crippen LogP contribution in [0.1, 0.15) is 35.6 Å². The Morgan fingerprint density at radius 1 is 1.12 bits per heavy atom. The van der Waals surface area contributed by atoms with E-state index < -0.39 is 0 Å². The molecular weight excluding hydrogens is 314 g/mol. The van der Waals surface area contributed by atoms with Crippen molar-refractivity contribution in [1.82, 2.24) is 4.90 Å². The Balaban J connectivity index is 1.76. The number of hydrogen-bond acceptors (Lipinski definition) is 3. The van der Waals surface area contributed by atoms with Crippen molar-refractivity contribution in [2.24, 2.45) is 0 Å². The molecule has 0 aromatic heterocycles. The van der Waals surface area contributed by atoms with E-state index in [1.807, 2.05) is 23.1 Å². The summed E-state index contributed by atoms with van der Waals surface area (Å²) in [6, 6.07) is 14.3. The number of rotatable bonds is 5. The van der Waals surface area contributed by atoms with E-state index in [1.165, 1.54) is 11.1 Å². The summed E-state index contributed by atoms with van der Waals surface area (Å²) in [5.74, 6) is 1.50. The molecule has 0 bridgehead atoms. The van der Waals surface area contributed by atoms with Gasteiger partial charge >= 0.3 is 0 Å². The van der Waals surface area contributed by atoms with Crippen LogP contribution in [0.3, 0.4) is 0 Å². The molecule has 1 saturated heterocycles. The lowest BCUT2D eigenvalue weighted by Crippen LogP contribution is -2.31. The molecule has 1 fully saturated rings. The third-order valence-electron chi connectivity index (χ3n) is 4.80. The quantitative estimate of drug-likeness (QED) is 0.829. The number of methoxy groups -OCH3 is 2. The van der Waals surface area contributed by atoms with Gasteiger partial charge in [-0.2, -0.15) is 0 Å². The predicted octanol–water partition coefficient (Wildman–Crippen LogP) is 3.92. The van der Waals surface area contributed by atoms with E-state index in [4.69, 9.17) is 9.47 Å². The molecule has 0 N–H and O–H groups in total. The summed E-state index contributed by atoms with van der Waals surface area (Å²) in [5.41, 5.74) is 3.41. The summed E-state index contributed by atoms with van der Waals surface area (Å²) in [5, 5.41) is 0. The molecule has 0 unspecified atom stereocenters. The van der Waals surface area contributed by atoms with E-state index in [2.05, 4.69) is 31.2 Å². The molecule has 132 valence electrons. The van der Waals surface area contributed by atoms with Gasteiger partial charge in [0.2, 0.25) is 5.91 Å². The van der Waals surface area contributed by atoms with Crippen LogP contribution < -0.4 is 9.47 Å². The summed E-state index contributed by atoms with van der Waals surface area (Å²) in [7, 11) is 3.22. The average Bonchev–Trinajstić information content (AvgIpc) is 3.11. The maximum absolute atomic E-state index is 12.9. The lowest BCUT2D eigenvalue weighted by molar-refractivity contribution is -0.131. The molecule has 2 aromatic carbocycles. The second-order valence-corrected chi connectivity index (χ2v) is 6.53. The maximum atomic E-state index is 12.9. The number of carbonyl (C=O) groups excluding carboxylic acids is 1. The SMILES string of the molecule is COc1ccc(CC(=O)N2CCC[C@H]2c2cccc(C)c2)cc1OC. The zero-order valence-corrected chi connectivity index (χ0v) is 15.1. The Bertz CT molecular complexity index is 757. The van der Waals surface area contributed by atoms with Crippen molar-refractivity contribution < 1.29 is 14.3 Å². The first-order chi connectivity index (χ1) is 12.1. The molecule has 1 aliphatic rings. The Hall–Kier alpha value is -2.49. The number of carbonyl (C=O) groups is 1. The summed E-state index contributed by atoms with van der Waals surface area (Å²) < 4.78 is 10.6. The molecule has 0 spiro atoms. The van der Waals surface area contributed by atoms with Crippen molar-refractivity contribution in [3.05, 3.63) is 59.2 Å². The smallest absolute Gasteiger partial charge is 0.227 e. The second kappa shape index (κ2) is 7.60. The molecule has 4 heteroatoms. The van der Waals surface area contributed by atoms with Crippen LogP contribution in [0.4, 0.5) is 0 Å². The fraction of sp³-hybridized carbons (Fsp3) is 0.381. The predicted molar refractivity (Wildman–Crippen MR) is 98.1 cm³/mol. The number of amides is 1. The van der Waals surface area contributed by atoms with Crippen molar-refractivity contribution in [2.75, 3.05) is 20.8 Å². The Labute approximate surface area is 149 Å².